The molecule has 0 heterocycles. The summed E-state index contributed by atoms with van der Waals surface area (Å²) in [5, 5.41) is 10.9. The molecule has 0 aromatic rings. The molecule has 5 nitrogen and oxygen atoms in total. The van der Waals surface area contributed by atoms with Crippen molar-refractivity contribution in [2.45, 2.75) is 37.9 Å². The molecule has 2 amide bonds. The minimum atomic E-state index is -4.23. The molecule has 0 radical (unpaired) electrons. The second-order valence-corrected chi connectivity index (χ2v) is 4.20. The number of carbonyl (C=O) groups excluding carboxylic acids is 1. The van der Waals surface area contributed by atoms with Crippen molar-refractivity contribution in [3.63, 3.8) is 0 Å². The van der Waals surface area contributed by atoms with Crippen LogP contribution in [-0.4, -0.2) is 47.3 Å². The minimum absolute atomic E-state index is 0.0938. The molecule has 0 aromatic carbocycles. The number of hydrogen-bond acceptors (Lipinski definition) is 2. The van der Waals surface area contributed by atoms with E-state index < -0.39 is 31.1 Å². The minimum Gasteiger partial charge on any atom is -0.480 e. The highest BCUT2D eigenvalue weighted by Gasteiger charge is 2.34. The molecule has 104 valence electrons. The van der Waals surface area contributed by atoms with Crippen molar-refractivity contribution in [3.05, 3.63) is 0 Å². The van der Waals surface area contributed by atoms with Crippen LogP contribution in [0.5, 0.6) is 0 Å². The number of carbonyl (C=O) groups is 2. The van der Waals surface area contributed by atoms with E-state index in [1.54, 1.807) is 0 Å². The number of nitrogens with zero attached hydrogens (tertiary/aromatic N) is 1. The molecule has 0 saturated heterocycles. The highest BCUT2D eigenvalue weighted by Crippen LogP contribution is 2.26. The molecule has 8 heteroatoms. The average molecular weight is 268 g/mol. The topological polar surface area (TPSA) is 69.6 Å². The number of aliphatic carboxylic acids is 1. The van der Waals surface area contributed by atoms with Crippen LogP contribution in [0.1, 0.15) is 25.7 Å². The van der Waals surface area contributed by atoms with Gasteiger partial charge in [-0.3, -0.25) is 4.79 Å². The Bertz CT molecular complexity index is 316. The van der Waals surface area contributed by atoms with Crippen LogP contribution < -0.4 is 5.32 Å². The van der Waals surface area contributed by atoms with Gasteiger partial charge >= 0.3 is 18.2 Å². The van der Waals surface area contributed by atoms with Crippen LogP contribution in [0.3, 0.4) is 0 Å². The third-order valence-electron chi connectivity index (χ3n) is 2.47. The first-order valence-electron chi connectivity index (χ1n) is 5.62. The molecule has 0 aliphatic heterocycles. The first-order valence-corrected chi connectivity index (χ1v) is 5.62. The summed E-state index contributed by atoms with van der Waals surface area (Å²) in [6.07, 6.45) is -3.93. The van der Waals surface area contributed by atoms with Crippen LogP contribution in [0.15, 0.2) is 0 Å². The lowest BCUT2D eigenvalue weighted by Crippen LogP contribution is -2.44. The van der Waals surface area contributed by atoms with Gasteiger partial charge in [-0.15, -0.1) is 0 Å². The summed E-state index contributed by atoms with van der Waals surface area (Å²) < 4.78 is 35.5. The molecule has 1 rings (SSSR count). The number of carboxylic acid groups (broad SMARTS) is 1. The molecular formula is C10H15F3N2O3. The summed E-state index contributed by atoms with van der Waals surface area (Å²) in [6.45, 7) is -0.531. The van der Waals surface area contributed by atoms with Gasteiger partial charge in [0.25, 0.3) is 0 Å². The number of nitrogens with one attached hydrogen (secondary N) is 1. The van der Waals surface area contributed by atoms with Gasteiger partial charge in [-0.05, 0) is 19.3 Å². The van der Waals surface area contributed by atoms with Crippen molar-refractivity contribution >= 4 is 12.0 Å². The zero-order chi connectivity index (χ0) is 13.8. The van der Waals surface area contributed by atoms with Crippen molar-refractivity contribution in [2.75, 3.05) is 13.1 Å². The summed E-state index contributed by atoms with van der Waals surface area (Å²) in [5.74, 6) is -1.13. The van der Waals surface area contributed by atoms with Gasteiger partial charge in [0, 0.05) is 19.0 Å². The molecule has 1 aliphatic carbocycles. The predicted octanol–water partition coefficient (Wildman–Crippen LogP) is 1.59. The SMILES string of the molecule is O=C(O)CN(C(=O)NCCCC(F)(F)F)C1CC1. The second kappa shape index (κ2) is 5.92. The molecule has 0 spiro atoms. The highest BCUT2D eigenvalue weighted by atomic mass is 19.4. The fourth-order valence-corrected chi connectivity index (χ4v) is 1.48. The van der Waals surface area contributed by atoms with E-state index in [-0.39, 0.29) is 19.0 Å². The van der Waals surface area contributed by atoms with Crippen molar-refractivity contribution < 1.29 is 27.9 Å². The molecule has 0 unspecified atom stereocenters. The van der Waals surface area contributed by atoms with Crippen LogP contribution >= 0.6 is 0 Å². The Morgan fingerprint density at radius 2 is 1.94 bits per heavy atom. The smallest absolute Gasteiger partial charge is 0.389 e. The Kier molecular flexibility index (Phi) is 4.80. The number of urea groups is 1. The van der Waals surface area contributed by atoms with Crippen LogP contribution in [0.2, 0.25) is 0 Å². The summed E-state index contributed by atoms with van der Waals surface area (Å²) in [5.41, 5.74) is 0. The van der Waals surface area contributed by atoms with Gasteiger partial charge in [-0.25, -0.2) is 4.79 Å². The van der Waals surface area contributed by atoms with E-state index in [2.05, 4.69) is 5.32 Å². The van der Waals surface area contributed by atoms with Crippen LogP contribution in [0.25, 0.3) is 0 Å². The molecule has 0 bridgehead atoms. The fraction of sp³-hybridized carbons (Fsp3) is 0.800. The summed E-state index contributed by atoms with van der Waals surface area (Å²) in [6, 6.07) is -0.703. The predicted molar refractivity (Wildman–Crippen MR) is 56.1 cm³/mol. The number of halogens is 3. The van der Waals surface area contributed by atoms with E-state index in [9.17, 15) is 22.8 Å². The highest BCUT2D eigenvalue weighted by molar-refractivity contribution is 5.80. The number of amides is 2. The summed E-state index contributed by atoms with van der Waals surface area (Å²) >= 11 is 0. The van der Waals surface area contributed by atoms with E-state index in [1.807, 2.05) is 0 Å². The van der Waals surface area contributed by atoms with Crippen LogP contribution in [-0.2, 0) is 4.79 Å². The fourth-order valence-electron chi connectivity index (χ4n) is 1.48. The number of carboxylic acids is 1. The Labute approximate surface area is 102 Å². The first kappa shape index (κ1) is 14.6. The van der Waals surface area contributed by atoms with E-state index in [1.165, 1.54) is 0 Å². The maximum atomic E-state index is 11.8. The molecule has 18 heavy (non-hydrogen) atoms. The lowest BCUT2D eigenvalue weighted by Gasteiger charge is -2.20. The normalized spacial score (nSPS) is 15.3. The van der Waals surface area contributed by atoms with Gasteiger partial charge in [0.15, 0.2) is 0 Å². The second-order valence-electron chi connectivity index (χ2n) is 4.20. The van der Waals surface area contributed by atoms with Gasteiger partial charge < -0.3 is 15.3 Å². The molecular weight excluding hydrogens is 253 g/mol. The van der Waals surface area contributed by atoms with E-state index in [4.69, 9.17) is 5.11 Å². The Hall–Kier alpha value is -1.47. The Morgan fingerprint density at radius 1 is 1.33 bits per heavy atom. The van der Waals surface area contributed by atoms with E-state index in [0.717, 1.165) is 17.7 Å². The Balaban J connectivity index is 2.27. The Morgan fingerprint density at radius 3 is 2.39 bits per heavy atom. The molecule has 0 aromatic heterocycles. The molecule has 2 N–H and O–H groups in total. The lowest BCUT2D eigenvalue weighted by molar-refractivity contribution is -0.137. The maximum absolute atomic E-state index is 11.8. The first-order chi connectivity index (χ1) is 8.29. The summed E-state index contributed by atoms with van der Waals surface area (Å²) in [4.78, 5) is 23.2. The number of alkyl halides is 3. The van der Waals surface area contributed by atoms with Gasteiger partial charge in [-0.2, -0.15) is 13.2 Å². The monoisotopic (exact) mass is 268 g/mol. The van der Waals surface area contributed by atoms with Crippen molar-refractivity contribution in [2.24, 2.45) is 0 Å². The van der Waals surface area contributed by atoms with E-state index in [0.29, 0.717) is 0 Å². The van der Waals surface area contributed by atoms with Gasteiger partial charge in [0.1, 0.15) is 6.54 Å². The third kappa shape index (κ3) is 5.74. The largest absolute Gasteiger partial charge is 0.480 e. The quantitative estimate of drug-likeness (QED) is 0.719. The van der Waals surface area contributed by atoms with Gasteiger partial charge in [0.05, 0.1) is 0 Å². The van der Waals surface area contributed by atoms with Gasteiger partial charge in [-0.1, -0.05) is 0 Å². The zero-order valence-electron chi connectivity index (χ0n) is 9.66. The van der Waals surface area contributed by atoms with Crippen LogP contribution in [0, 0.1) is 0 Å². The van der Waals surface area contributed by atoms with Crippen molar-refractivity contribution in [1.29, 1.82) is 0 Å². The van der Waals surface area contributed by atoms with Crippen molar-refractivity contribution in [1.82, 2.24) is 10.2 Å². The molecule has 1 aliphatic rings. The maximum Gasteiger partial charge on any atom is 0.389 e. The standard InChI is InChI=1S/C10H15F3N2O3/c11-10(12,13)4-1-5-14-9(18)15(6-8(16)17)7-2-3-7/h7H,1-6H2,(H,14,18)(H,16,17). The molecule has 0 atom stereocenters. The van der Waals surface area contributed by atoms with Crippen LogP contribution in [0.4, 0.5) is 18.0 Å². The van der Waals surface area contributed by atoms with Gasteiger partial charge in [0.2, 0.25) is 0 Å². The van der Waals surface area contributed by atoms with Crippen molar-refractivity contribution in [3.8, 4) is 0 Å². The zero-order valence-corrected chi connectivity index (χ0v) is 9.66. The lowest BCUT2D eigenvalue weighted by atomic mass is 10.3. The number of hydrogen-bond donors (Lipinski definition) is 2. The molecule has 1 saturated carbocycles. The average Bonchev–Trinajstić information content (AvgIpc) is 3.02. The summed E-state index contributed by atoms with van der Waals surface area (Å²) in [7, 11) is 0. The molecule has 1 fully saturated rings. The van der Waals surface area contributed by atoms with E-state index >= 15 is 0 Å². The third-order valence-corrected chi connectivity index (χ3v) is 2.47. The number of rotatable bonds is 6.